The van der Waals surface area contributed by atoms with Gasteiger partial charge >= 0.3 is 0 Å². The highest BCUT2D eigenvalue weighted by Gasteiger charge is 2.24. The molecule has 0 bridgehead atoms. The minimum absolute atomic E-state index is 0.000420. The van der Waals surface area contributed by atoms with Crippen molar-refractivity contribution < 1.29 is 9.59 Å². The number of carbonyl (C=O) groups is 2. The van der Waals surface area contributed by atoms with E-state index in [2.05, 4.69) is 5.32 Å². The third kappa shape index (κ3) is 3.63. The fourth-order valence-electron chi connectivity index (χ4n) is 1.89. The van der Waals surface area contributed by atoms with Crippen LogP contribution in [0.5, 0.6) is 0 Å². The Labute approximate surface area is 91.0 Å². The first kappa shape index (κ1) is 12.2. The van der Waals surface area contributed by atoms with Gasteiger partial charge in [0.1, 0.15) is 0 Å². The average Bonchev–Trinajstić information content (AvgIpc) is 2.33. The summed E-state index contributed by atoms with van der Waals surface area (Å²) in [4.78, 5) is 24.7. The number of likely N-dealkylation sites (tertiary alicyclic amines) is 1. The van der Waals surface area contributed by atoms with E-state index in [9.17, 15) is 9.59 Å². The van der Waals surface area contributed by atoms with Gasteiger partial charge < -0.3 is 5.32 Å². The van der Waals surface area contributed by atoms with E-state index >= 15 is 0 Å². The monoisotopic (exact) mass is 212 g/mol. The van der Waals surface area contributed by atoms with Gasteiger partial charge in [-0.05, 0) is 32.4 Å². The number of amides is 2. The van der Waals surface area contributed by atoms with Crippen molar-refractivity contribution in [2.24, 2.45) is 5.92 Å². The van der Waals surface area contributed by atoms with Crippen LogP contribution in [-0.4, -0.2) is 36.9 Å². The molecule has 1 aliphatic heterocycles. The molecule has 15 heavy (non-hydrogen) atoms. The van der Waals surface area contributed by atoms with Gasteiger partial charge in [0.15, 0.2) is 0 Å². The maximum atomic E-state index is 11.6. The van der Waals surface area contributed by atoms with Gasteiger partial charge in [-0.25, -0.2) is 0 Å². The topological polar surface area (TPSA) is 49.4 Å². The van der Waals surface area contributed by atoms with Gasteiger partial charge in [0.2, 0.25) is 11.8 Å². The van der Waals surface area contributed by atoms with Crippen molar-refractivity contribution in [3.63, 3.8) is 0 Å². The molecule has 1 rings (SSSR count). The molecule has 1 unspecified atom stereocenters. The summed E-state index contributed by atoms with van der Waals surface area (Å²) in [5.41, 5.74) is 0. The molecule has 4 heteroatoms. The zero-order valence-corrected chi connectivity index (χ0v) is 9.58. The Morgan fingerprint density at radius 2 is 1.80 bits per heavy atom. The minimum atomic E-state index is 0.000420. The van der Waals surface area contributed by atoms with Crippen molar-refractivity contribution in [3.05, 3.63) is 0 Å². The third-order valence-corrected chi connectivity index (χ3v) is 2.68. The molecule has 1 N–H and O–H groups in total. The van der Waals surface area contributed by atoms with E-state index in [4.69, 9.17) is 0 Å². The molecule has 1 heterocycles. The third-order valence-electron chi connectivity index (χ3n) is 2.68. The van der Waals surface area contributed by atoms with E-state index in [0.29, 0.717) is 25.3 Å². The van der Waals surface area contributed by atoms with E-state index < -0.39 is 0 Å². The van der Waals surface area contributed by atoms with E-state index in [-0.39, 0.29) is 11.8 Å². The number of rotatable bonds is 4. The predicted octanol–water partition coefficient (Wildman–Crippen LogP) is 0.771. The SMILES string of the molecule is CNCC(C)CN1C(=O)CCCCC1=O. The molecule has 0 aliphatic carbocycles. The molecule has 1 aliphatic rings. The molecule has 0 saturated carbocycles. The molecule has 0 spiro atoms. The van der Waals surface area contributed by atoms with E-state index in [1.165, 1.54) is 4.90 Å². The van der Waals surface area contributed by atoms with Gasteiger partial charge in [0.05, 0.1) is 0 Å². The molecular formula is C11H20N2O2. The molecule has 4 nitrogen and oxygen atoms in total. The van der Waals surface area contributed by atoms with E-state index in [1.54, 1.807) is 0 Å². The van der Waals surface area contributed by atoms with Crippen molar-refractivity contribution in [2.75, 3.05) is 20.1 Å². The fraction of sp³-hybridized carbons (Fsp3) is 0.818. The Morgan fingerprint density at radius 3 is 2.27 bits per heavy atom. The molecule has 0 aromatic carbocycles. The fourth-order valence-corrected chi connectivity index (χ4v) is 1.89. The Bertz CT molecular complexity index is 223. The number of carbonyl (C=O) groups excluding carboxylic acids is 2. The zero-order valence-electron chi connectivity index (χ0n) is 9.58. The number of imide groups is 1. The summed E-state index contributed by atoms with van der Waals surface area (Å²) in [6.07, 6.45) is 2.75. The van der Waals surface area contributed by atoms with Crippen molar-refractivity contribution >= 4 is 11.8 Å². The summed E-state index contributed by atoms with van der Waals surface area (Å²) in [6, 6.07) is 0. The van der Waals surface area contributed by atoms with Crippen molar-refractivity contribution in [1.82, 2.24) is 10.2 Å². The molecule has 1 fully saturated rings. The van der Waals surface area contributed by atoms with Gasteiger partial charge in [-0.3, -0.25) is 14.5 Å². The maximum Gasteiger partial charge on any atom is 0.229 e. The Balaban J connectivity index is 2.55. The van der Waals surface area contributed by atoms with Crippen LogP contribution in [0.3, 0.4) is 0 Å². The van der Waals surface area contributed by atoms with Crippen LogP contribution in [0.1, 0.15) is 32.6 Å². The second-order valence-electron chi connectivity index (χ2n) is 4.27. The van der Waals surface area contributed by atoms with E-state index in [1.807, 2.05) is 14.0 Å². The molecule has 0 aromatic rings. The van der Waals surface area contributed by atoms with Crippen LogP contribution >= 0.6 is 0 Å². The van der Waals surface area contributed by atoms with Crippen LogP contribution in [0.4, 0.5) is 0 Å². The van der Waals surface area contributed by atoms with Gasteiger partial charge in [0, 0.05) is 19.4 Å². The molecule has 0 aromatic heterocycles. The first-order valence-corrected chi connectivity index (χ1v) is 5.63. The second-order valence-corrected chi connectivity index (χ2v) is 4.27. The number of nitrogens with one attached hydrogen (secondary N) is 1. The van der Waals surface area contributed by atoms with Crippen LogP contribution in [0.25, 0.3) is 0 Å². The van der Waals surface area contributed by atoms with Crippen LogP contribution < -0.4 is 5.32 Å². The Kier molecular flexibility index (Phi) is 4.75. The van der Waals surface area contributed by atoms with Gasteiger partial charge in [-0.1, -0.05) is 6.92 Å². The number of nitrogens with zero attached hydrogens (tertiary/aromatic N) is 1. The second kappa shape index (κ2) is 5.85. The molecular weight excluding hydrogens is 192 g/mol. The average molecular weight is 212 g/mol. The molecule has 0 radical (unpaired) electrons. The largest absolute Gasteiger partial charge is 0.319 e. The molecule has 2 amide bonds. The lowest BCUT2D eigenvalue weighted by atomic mass is 10.1. The standard InChI is InChI=1S/C11H20N2O2/c1-9(7-12-2)8-13-10(14)5-3-4-6-11(13)15/h9,12H,3-8H2,1-2H3. The van der Waals surface area contributed by atoms with E-state index in [0.717, 1.165) is 19.4 Å². The van der Waals surface area contributed by atoms with Crippen molar-refractivity contribution in [1.29, 1.82) is 0 Å². The van der Waals surface area contributed by atoms with Crippen LogP contribution in [0, 0.1) is 5.92 Å². The maximum absolute atomic E-state index is 11.6. The van der Waals surface area contributed by atoms with Crippen LogP contribution in [-0.2, 0) is 9.59 Å². The molecule has 86 valence electrons. The highest BCUT2D eigenvalue weighted by molar-refractivity contribution is 5.96. The summed E-state index contributed by atoms with van der Waals surface area (Å²) in [5.74, 6) is 0.321. The summed E-state index contributed by atoms with van der Waals surface area (Å²) in [6.45, 7) is 3.43. The number of hydrogen-bond donors (Lipinski definition) is 1. The summed E-state index contributed by atoms with van der Waals surface area (Å²) in [7, 11) is 1.88. The smallest absolute Gasteiger partial charge is 0.229 e. The lowest BCUT2D eigenvalue weighted by molar-refractivity contribution is -0.144. The quantitative estimate of drug-likeness (QED) is 0.700. The lowest BCUT2D eigenvalue weighted by Crippen LogP contribution is -2.40. The van der Waals surface area contributed by atoms with Gasteiger partial charge in [0.25, 0.3) is 0 Å². The minimum Gasteiger partial charge on any atom is -0.319 e. The Morgan fingerprint density at radius 1 is 1.27 bits per heavy atom. The summed E-state index contributed by atoms with van der Waals surface area (Å²) < 4.78 is 0. The van der Waals surface area contributed by atoms with Gasteiger partial charge in [-0.15, -0.1) is 0 Å². The summed E-state index contributed by atoms with van der Waals surface area (Å²) >= 11 is 0. The highest BCUT2D eigenvalue weighted by atomic mass is 16.2. The first-order chi connectivity index (χ1) is 7.15. The van der Waals surface area contributed by atoms with Crippen molar-refractivity contribution in [3.8, 4) is 0 Å². The van der Waals surface area contributed by atoms with Crippen LogP contribution in [0.2, 0.25) is 0 Å². The summed E-state index contributed by atoms with van der Waals surface area (Å²) in [5, 5.41) is 3.05. The first-order valence-electron chi connectivity index (χ1n) is 5.63. The Hall–Kier alpha value is -0.900. The highest BCUT2D eigenvalue weighted by Crippen LogP contribution is 2.14. The van der Waals surface area contributed by atoms with Crippen molar-refractivity contribution in [2.45, 2.75) is 32.6 Å². The van der Waals surface area contributed by atoms with Crippen LogP contribution in [0.15, 0.2) is 0 Å². The van der Waals surface area contributed by atoms with Gasteiger partial charge in [-0.2, -0.15) is 0 Å². The normalized spacial score (nSPS) is 20.3. The lowest BCUT2D eigenvalue weighted by Gasteiger charge is -2.22. The predicted molar refractivity (Wildman–Crippen MR) is 58.3 cm³/mol. The molecule has 1 saturated heterocycles. The zero-order chi connectivity index (χ0) is 11.3. The molecule has 1 atom stereocenters. The number of hydrogen-bond acceptors (Lipinski definition) is 3.